The van der Waals surface area contributed by atoms with Gasteiger partial charge >= 0.3 is 0 Å². The fourth-order valence-electron chi connectivity index (χ4n) is 1.69. The first kappa shape index (κ1) is 14.3. The molecular weight excluding hydrogens is 280 g/mol. The highest BCUT2D eigenvalue weighted by Gasteiger charge is 2.06. The van der Waals surface area contributed by atoms with Gasteiger partial charge in [0.05, 0.1) is 0 Å². The van der Waals surface area contributed by atoms with Gasteiger partial charge in [0.25, 0.3) is 0 Å². The molecule has 5 heteroatoms. The summed E-state index contributed by atoms with van der Waals surface area (Å²) in [6.45, 7) is 4.39. The Bertz CT molecular complexity index is 502. The van der Waals surface area contributed by atoms with Crippen LogP contribution in [0.15, 0.2) is 29.8 Å². The highest BCUT2D eigenvalue weighted by Crippen LogP contribution is 2.24. The van der Waals surface area contributed by atoms with Crippen molar-refractivity contribution < 1.29 is 4.74 Å². The molecule has 0 atom stereocenters. The number of ether oxygens (including phenoxy) is 1. The smallest absolute Gasteiger partial charge is 0.140 e. The molecule has 0 aliphatic heterocycles. The van der Waals surface area contributed by atoms with Crippen LogP contribution in [0.4, 0.5) is 0 Å². The minimum absolute atomic E-state index is 0.500. The van der Waals surface area contributed by atoms with Gasteiger partial charge in [0, 0.05) is 28.7 Å². The van der Waals surface area contributed by atoms with Gasteiger partial charge in [0.2, 0.25) is 0 Å². The number of aromatic nitrogens is 1. The lowest BCUT2D eigenvalue weighted by Crippen LogP contribution is -2.14. The van der Waals surface area contributed by atoms with Crippen LogP contribution in [-0.4, -0.2) is 11.5 Å². The fraction of sp³-hybridized carbons (Fsp3) is 0.357. The Morgan fingerprint density at radius 3 is 3.05 bits per heavy atom. The molecule has 0 aliphatic carbocycles. The minimum Gasteiger partial charge on any atom is -0.486 e. The van der Waals surface area contributed by atoms with Crippen molar-refractivity contribution in [2.75, 3.05) is 6.54 Å². The van der Waals surface area contributed by atoms with Crippen molar-refractivity contribution in [2.24, 2.45) is 0 Å². The molecule has 1 aromatic heterocycles. The molecule has 1 N–H and O–H groups in total. The highest BCUT2D eigenvalue weighted by molar-refractivity contribution is 7.09. The molecule has 0 fully saturated rings. The van der Waals surface area contributed by atoms with Crippen LogP contribution < -0.4 is 10.1 Å². The molecule has 0 radical (unpaired) electrons. The summed E-state index contributed by atoms with van der Waals surface area (Å²) < 4.78 is 5.82. The Kier molecular flexibility index (Phi) is 5.63. The fourth-order valence-corrected chi connectivity index (χ4v) is 2.41. The van der Waals surface area contributed by atoms with E-state index in [0.717, 1.165) is 40.9 Å². The molecule has 2 rings (SSSR count). The van der Waals surface area contributed by atoms with Crippen molar-refractivity contribution in [3.8, 4) is 5.75 Å². The van der Waals surface area contributed by atoms with E-state index in [1.165, 1.54) is 0 Å². The Balaban J connectivity index is 2.01. The first-order valence-electron chi connectivity index (χ1n) is 6.30. The Morgan fingerprint density at radius 2 is 2.32 bits per heavy atom. The van der Waals surface area contributed by atoms with Crippen molar-refractivity contribution in [1.29, 1.82) is 0 Å². The zero-order valence-electron chi connectivity index (χ0n) is 10.9. The third kappa shape index (κ3) is 4.49. The van der Waals surface area contributed by atoms with E-state index in [9.17, 15) is 0 Å². The summed E-state index contributed by atoms with van der Waals surface area (Å²) in [6.07, 6.45) is 2.89. The van der Waals surface area contributed by atoms with Crippen molar-refractivity contribution in [2.45, 2.75) is 26.5 Å². The van der Waals surface area contributed by atoms with E-state index in [0.29, 0.717) is 6.61 Å². The van der Waals surface area contributed by atoms with Crippen LogP contribution in [0.5, 0.6) is 5.75 Å². The minimum atomic E-state index is 0.500. The third-order valence-corrected chi connectivity index (χ3v) is 3.59. The third-order valence-electron chi connectivity index (χ3n) is 2.60. The van der Waals surface area contributed by atoms with E-state index in [4.69, 9.17) is 16.3 Å². The van der Waals surface area contributed by atoms with Crippen molar-refractivity contribution in [1.82, 2.24) is 10.3 Å². The number of hydrogen-bond acceptors (Lipinski definition) is 4. The Hall–Kier alpha value is -1.10. The normalized spacial score (nSPS) is 10.6. The number of halogens is 1. The van der Waals surface area contributed by atoms with E-state index in [2.05, 4.69) is 17.2 Å². The summed E-state index contributed by atoms with van der Waals surface area (Å²) in [4.78, 5) is 4.21. The summed E-state index contributed by atoms with van der Waals surface area (Å²) in [5, 5.41) is 7.02. The van der Waals surface area contributed by atoms with E-state index in [-0.39, 0.29) is 0 Å². The van der Waals surface area contributed by atoms with Crippen LogP contribution in [0.3, 0.4) is 0 Å². The van der Waals surface area contributed by atoms with Gasteiger partial charge in [-0.2, -0.15) is 0 Å². The lowest BCUT2D eigenvalue weighted by molar-refractivity contribution is 0.301. The van der Waals surface area contributed by atoms with Crippen LogP contribution >= 0.6 is 22.9 Å². The van der Waals surface area contributed by atoms with Gasteiger partial charge in [-0.05, 0) is 31.2 Å². The van der Waals surface area contributed by atoms with Crippen molar-refractivity contribution >= 4 is 22.9 Å². The molecular formula is C14H17ClN2OS. The lowest BCUT2D eigenvalue weighted by Gasteiger charge is -2.11. The Labute approximate surface area is 122 Å². The zero-order valence-corrected chi connectivity index (χ0v) is 12.4. The van der Waals surface area contributed by atoms with Gasteiger partial charge in [-0.1, -0.05) is 18.5 Å². The standard InChI is InChI=1S/C14H17ClN2OS/c1-2-5-16-9-11-8-12(15)3-4-13(11)18-10-14-17-6-7-19-14/h3-4,6-8,16H,2,5,9-10H2,1H3. The lowest BCUT2D eigenvalue weighted by atomic mass is 10.2. The number of rotatable bonds is 7. The van der Waals surface area contributed by atoms with Crippen LogP contribution in [0.1, 0.15) is 23.9 Å². The van der Waals surface area contributed by atoms with Crippen LogP contribution in [-0.2, 0) is 13.2 Å². The van der Waals surface area contributed by atoms with Gasteiger partial charge in [-0.15, -0.1) is 11.3 Å². The van der Waals surface area contributed by atoms with Crippen LogP contribution in [0, 0.1) is 0 Å². The molecule has 3 nitrogen and oxygen atoms in total. The molecule has 0 bridgehead atoms. The second-order valence-electron chi connectivity index (χ2n) is 4.14. The molecule has 102 valence electrons. The second kappa shape index (κ2) is 7.48. The SMILES string of the molecule is CCCNCc1cc(Cl)ccc1OCc1nccs1. The first-order chi connectivity index (χ1) is 9.29. The summed E-state index contributed by atoms with van der Waals surface area (Å²) in [7, 11) is 0. The zero-order chi connectivity index (χ0) is 13.5. The maximum Gasteiger partial charge on any atom is 0.140 e. The Morgan fingerprint density at radius 1 is 1.42 bits per heavy atom. The highest BCUT2D eigenvalue weighted by atomic mass is 35.5. The van der Waals surface area contributed by atoms with E-state index >= 15 is 0 Å². The summed E-state index contributed by atoms with van der Waals surface area (Å²) in [5.41, 5.74) is 1.08. The monoisotopic (exact) mass is 296 g/mol. The predicted octanol–water partition coefficient (Wildman–Crippen LogP) is 3.88. The molecule has 1 aromatic carbocycles. The van der Waals surface area contributed by atoms with Gasteiger partial charge in [0.15, 0.2) is 0 Å². The number of benzene rings is 1. The van der Waals surface area contributed by atoms with E-state index in [1.54, 1.807) is 17.5 Å². The van der Waals surface area contributed by atoms with Crippen molar-refractivity contribution in [3.63, 3.8) is 0 Å². The molecule has 0 amide bonds. The molecule has 19 heavy (non-hydrogen) atoms. The van der Waals surface area contributed by atoms with Gasteiger partial charge < -0.3 is 10.1 Å². The summed E-state index contributed by atoms with van der Waals surface area (Å²) >= 11 is 7.63. The largest absolute Gasteiger partial charge is 0.486 e. The van der Waals surface area contributed by atoms with Crippen LogP contribution in [0.25, 0.3) is 0 Å². The molecule has 0 spiro atoms. The number of nitrogens with one attached hydrogen (secondary N) is 1. The predicted molar refractivity (Wildman–Crippen MR) is 79.9 cm³/mol. The molecule has 0 unspecified atom stereocenters. The number of nitrogens with zero attached hydrogens (tertiary/aromatic N) is 1. The topological polar surface area (TPSA) is 34.1 Å². The maximum atomic E-state index is 6.04. The second-order valence-corrected chi connectivity index (χ2v) is 5.56. The van der Waals surface area contributed by atoms with E-state index < -0.39 is 0 Å². The summed E-state index contributed by atoms with van der Waals surface area (Å²) in [5.74, 6) is 0.864. The average molecular weight is 297 g/mol. The molecule has 0 aliphatic rings. The van der Waals surface area contributed by atoms with Gasteiger partial charge in [-0.3, -0.25) is 0 Å². The maximum absolute atomic E-state index is 6.04. The van der Waals surface area contributed by atoms with Gasteiger partial charge in [0.1, 0.15) is 17.4 Å². The molecule has 0 saturated carbocycles. The molecule has 1 heterocycles. The number of hydrogen-bond donors (Lipinski definition) is 1. The van der Waals surface area contributed by atoms with E-state index in [1.807, 2.05) is 23.6 Å². The van der Waals surface area contributed by atoms with Crippen LogP contribution in [0.2, 0.25) is 5.02 Å². The van der Waals surface area contributed by atoms with Crippen molar-refractivity contribution in [3.05, 3.63) is 45.4 Å². The first-order valence-corrected chi connectivity index (χ1v) is 7.55. The average Bonchev–Trinajstić information content (AvgIpc) is 2.91. The summed E-state index contributed by atoms with van der Waals surface area (Å²) in [6, 6.07) is 5.71. The van der Waals surface area contributed by atoms with Gasteiger partial charge in [-0.25, -0.2) is 4.98 Å². The number of thiazole rings is 1. The quantitative estimate of drug-likeness (QED) is 0.788. The molecule has 0 saturated heterocycles. The molecule has 2 aromatic rings.